The van der Waals surface area contributed by atoms with E-state index >= 15 is 0 Å². The maximum atomic E-state index is 12.6. The van der Waals surface area contributed by atoms with Crippen LogP contribution in [0.5, 0.6) is 5.88 Å². The molecule has 3 aromatic rings. The number of hydrogen-bond acceptors (Lipinski definition) is 6. The van der Waals surface area contributed by atoms with Gasteiger partial charge in [0, 0.05) is 21.7 Å². The Bertz CT molecular complexity index is 1080. The van der Waals surface area contributed by atoms with Crippen LogP contribution in [0.4, 0.5) is 5.82 Å². The van der Waals surface area contributed by atoms with E-state index in [4.69, 9.17) is 33.0 Å². The maximum absolute atomic E-state index is 12.6. The molecular weight excluding hydrogens is 425 g/mol. The maximum Gasteiger partial charge on any atom is 0.263 e. The molecule has 0 aliphatic rings. The van der Waals surface area contributed by atoms with Crippen LogP contribution in [0.2, 0.25) is 10.0 Å². The van der Waals surface area contributed by atoms with Crippen molar-refractivity contribution in [1.29, 1.82) is 0 Å². The third-order valence-corrected chi connectivity index (χ3v) is 5.33. The van der Waals surface area contributed by atoms with Gasteiger partial charge in [0.2, 0.25) is 5.88 Å². The minimum Gasteiger partial charge on any atom is -0.475 e. The molecule has 0 bridgehead atoms. The van der Waals surface area contributed by atoms with E-state index in [1.54, 1.807) is 30.3 Å². The first-order valence-electron chi connectivity index (χ1n) is 8.04. The average molecular weight is 440 g/mol. The molecule has 0 atom stereocenters. The van der Waals surface area contributed by atoms with Crippen molar-refractivity contribution in [2.75, 3.05) is 17.9 Å². The van der Waals surface area contributed by atoms with E-state index in [9.17, 15) is 8.42 Å². The van der Waals surface area contributed by atoms with Crippen LogP contribution in [0, 0.1) is 0 Å². The largest absolute Gasteiger partial charge is 0.475 e. The van der Waals surface area contributed by atoms with Crippen LogP contribution in [0.15, 0.2) is 59.5 Å². The number of hydrogen-bond donors (Lipinski definition) is 2. The number of aliphatic hydroxyl groups excluding tert-OH is 1. The highest BCUT2D eigenvalue weighted by molar-refractivity contribution is 7.92. The van der Waals surface area contributed by atoms with Gasteiger partial charge in [-0.15, -0.1) is 0 Å². The highest BCUT2D eigenvalue weighted by atomic mass is 35.5. The smallest absolute Gasteiger partial charge is 0.263 e. The van der Waals surface area contributed by atoms with E-state index in [0.29, 0.717) is 15.6 Å². The van der Waals surface area contributed by atoms with E-state index in [1.165, 1.54) is 24.3 Å². The molecule has 0 aliphatic carbocycles. The molecule has 1 heterocycles. The lowest BCUT2D eigenvalue weighted by molar-refractivity contribution is 0.196. The number of anilines is 1. The van der Waals surface area contributed by atoms with Crippen molar-refractivity contribution in [2.24, 2.45) is 0 Å². The molecule has 0 spiro atoms. The molecule has 1 aromatic heterocycles. The number of benzene rings is 2. The highest BCUT2D eigenvalue weighted by Crippen LogP contribution is 2.25. The zero-order valence-corrected chi connectivity index (χ0v) is 16.7. The van der Waals surface area contributed by atoms with Crippen molar-refractivity contribution in [2.45, 2.75) is 4.90 Å². The molecule has 0 aliphatic heterocycles. The van der Waals surface area contributed by atoms with E-state index in [-0.39, 0.29) is 35.6 Å². The minimum atomic E-state index is -3.93. The number of ether oxygens (including phenoxy) is 1. The number of nitrogens with zero attached hydrogens (tertiary/aromatic N) is 2. The summed E-state index contributed by atoms with van der Waals surface area (Å²) in [5.41, 5.74) is 0.613. The summed E-state index contributed by atoms with van der Waals surface area (Å²) in [6.07, 6.45) is 0. The number of nitrogens with one attached hydrogen (secondary N) is 1. The predicted molar refractivity (Wildman–Crippen MR) is 107 cm³/mol. The Morgan fingerprint density at radius 1 is 1.00 bits per heavy atom. The van der Waals surface area contributed by atoms with Crippen molar-refractivity contribution in [3.8, 4) is 17.3 Å². The van der Waals surface area contributed by atoms with Crippen molar-refractivity contribution in [3.63, 3.8) is 0 Å². The van der Waals surface area contributed by atoms with Gasteiger partial charge >= 0.3 is 0 Å². The summed E-state index contributed by atoms with van der Waals surface area (Å²) in [6.45, 7) is -0.221. The van der Waals surface area contributed by atoms with E-state index < -0.39 is 10.0 Å². The number of sulfonamides is 1. The summed E-state index contributed by atoms with van der Waals surface area (Å²) in [7, 11) is -3.93. The molecule has 2 N–H and O–H groups in total. The molecule has 0 amide bonds. The number of halogens is 2. The zero-order valence-electron chi connectivity index (χ0n) is 14.3. The van der Waals surface area contributed by atoms with Crippen LogP contribution < -0.4 is 9.46 Å². The van der Waals surface area contributed by atoms with Gasteiger partial charge in [0.15, 0.2) is 5.82 Å². The second-order valence-corrected chi connectivity index (χ2v) is 8.11. The molecule has 146 valence electrons. The van der Waals surface area contributed by atoms with E-state index in [1.807, 2.05) is 0 Å². The standard InChI is InChI=1S/C18H15Cl2N3O4S/c19-13-6-4-12(5-7-13)18-21-16(11-17(22-18)27-9-8-24)23-28(25,26)15-3-1-2-14(20)10-15/h1-7,10-11,24H,8-9H2,(H,21,22,23). The summed E-state index contributed by atoms with van der Waals surface area (Å²) in [5, 5.41) is 9.80. The van der Waals surface area contributed by atoms with Crippen molar-refractivity contribution < 1.29 is 18.3 Å². The van der Waals surface area contributed by atoms with Crippen LogP contribution in [0.1, 0.15) is 0 Å². The Morgan fingerprint density at radius 3 is 2.43 bits per heavy atom. The average Bonchev–Trinajstić information content (AvgIpc) is 2.66. The molecule has 3 rings (SSSR count). The summed E-state index contributed by atoms with van der Waals surface area (Å²) < 4.78 is 33.0. The van der Waals surface area contributed by atoms with Crippen molar-refractivity contribution in [3.05, 3.63) is 64.6 Å². The topological polar surface area (TPSA) is 101 Å². The predicted octanol–water partition coefficient (Wildman–Crippen LogP) is 3.62. The third-order valence-electron chi connectivity index (χ3n) is 3.49. The monoisotopic (exact) mass is 439 g/mol. The summed E-state index contributed by atoms with van der Waals surface area (Å²) in [5.74, 6) is 0.349. The first-order valence-corrected chi connectivity index (χ1v) is 10.3. The Hall–Kier alpha value is -2.39. The van der Waals surface area contributed by atoms with Gasteiger partial charge in [-0.2, -0.15) is 4.98 Å². The van der Waals surface area contributed by atoms with Crippen LogP contribution in [0.25, 0.3) is 11.4 Å². The Kier molecular flexibility index (Phi) is 6.35. The second kappa shape index (κ2) is 8.74. The van der Waals surface area contributed by atoms with Gasteiger partial charge in [0.25, 0.3) is 10.0 Å². The normalized spacial score (nSPS) is 11.2. The lowest BCUT2D eigenvalue weighted by atomic mass is 10.2. The van der Waals surface area contributed by atoms with Gasteiger partial charge in [0.1, 0.15) is 12.4 Å². The fraction of sp³-hybridized carbons (Fsp3) is 0.111. The number of aliphatic hydroxyl groups is 1. The highest BCUT2D eigenvalue weighted by Gasteiger charge is 2.17. The molecule has 0 saturated carbocycles. The van der Waals surface area contributed by atoms with E-state index in [0.717, 1.165) is 0 Å². The minimum absolute atomic E-state index is 0.00243. The molecule has 0 saturated heterocycles. The SMILES string of the molecule is O=S(=O)(Nc1cc(OCCO)nc(-c2ccc(Cl)cc2)n1)c1cccc(Cl)c1. The van der Waals surface area contributed by atoms with Gasteiger partial charge in [-0.3, -0.25) is 4.72 Å². The van der Waals surface area contributed by atoms with Gasteiger partial charge in [-0.25, -0.2) is 13.4 Å². The van der Waals surface area contributed by atoms with Crippen LogP contribution >= 0.6 is 23.2 Å². The van der Waals surface area contributed by atoms with Crippen LogP contribution in [0.3, 0.4) is 0 Å². The summed E-state index contributed by atoms with van der Waals surface area (Å²) in [6, 6.07) is 13.9. The Labute approximate surface area is 172 Å². The first kappa shape index (κ1) is 20.3. The van der Waals surface area contributed by atoms with Gasteiger partial charge < -0.3 is 9.84 Å². The summed E-state index contributed by atoms with van der Waals surface area (Å²) >= 11 is 11.8. The van der Waals surface area contributed by atoms with Gasteiger partial charge in [-0.05, 0) is 42.5 Å². The first-order chi connectivity index (χ1) is 13.4. The third kappa shape index (κ3) is 5.11. The Morgan fingerprint density at radius 2 is 1.75 bits per heavy atom. The van der Waals surface area contributed by atoms with Crippen LogP contribution in [-0.4, -0.2) is 36.7 Å². The van der Waals surface area contributed by atoms with Gasteiger partial charge in [0.05, 0.1) is 11.5 Å². The number of rotatable bonds is 7. The summed E-state index contributed by atoms with van der Waals surface area (Å²) in [4.78, 5) is 8.49. The molecule has 2 aromatic carbocycles. The second-order valence-electron chi connectivity index (χ2n) is 5.56. The van der Waals surface area contributed by atoms with Gasteiger partial charge in [-0.1, -0.05) is 29.3 Å². The van der Waals surface area contributed by atoms with Crippen molar-refractivity contribution >= 4 is 39.0 Å². The Balaban J connectivity index is 1.99. The molecule has 0 unspecified atom stereocenters. The molecule has 28 heavy (non-hydrogen) atoms. The van der Waals surface area contributed by atoms with Crippen molar-refractivity contribution in [1.82, 2.24) is 9.97 Å². The molecule has 0 fully saturated rings. The zero-order chi connectivity index (χ0) is 20.1. The molecule has 0 radical (unpaired) electrons. The molecule has 10 heteroatoms. The lowest BCUT2D eigenvalue weighted by Gasteiger charge is -2.11. The lowest BCUT2D eigenvalue weighted by Crippen LogP contribution is -2.15. The number of aromatic nitrogens is 2. The van der Waals surface area contributed by atoms with Crippen LogP contribution in [-0.2, 0) is 10.0 Å². The molecule has 7 nitrogen and oxygen atoms in total. The quantitative estimate of drug-likeness (QED) is 0.582. The fourth-order valence-corrected chi connectivity index (χ4v) is 3.68. The molecular formula is C18H15Cl2N3O4S. The fourth-order valence-electron chi connectivity index (χ4n) is 2.26. The van der Waals surface area contributed by atoms with E-state index in [2.05, 4.69) is 14.7 Å².